The van der Waals surface area contributed by atoms with Crippen LogP contribution in [0, 0.1) is 5.92 Å². The predicted molar refractivity (Wildman–Crippen MR) is 79.7 cm³/mol. The summed E-state index contributed by atoms with van der Waals surface area (Å²) in [7, 11) is 0. The SMILES string of the molecule is CCN1CC(C(=O)Nc2ccc(Oc3nn[nH]n3)cc2)CC1=O. The average Bonchev–Trinajstić information content (AvgIpc) is 3.18. The number of H-pyrrole nitrogens is 1. The minimum atomic E-state index is -0.308. The van der Waals surface area contributed by atoms with Gasteiger partial charge in [0.05, 0.1) is 5.92 Å². The Morgan fingerprint density at radius 2 is 2.22 bits per heavy atom. The molecule has 2 amide bonds. The van der Waals surface area contributed by atoms with Crippen LogP contribution in [0.15, 0.2) is 24.3 Å². The van der Waals surface area contributed by atoms with Gasteiger partial charge in [-0.15, -0.1) is 0 Å². The number of hydrogen-bond donors (Lipinski definition) is 2. The fraction of sp³-hybridized carbons (Fsp3) is 0.357. The topological polar surface area (TPSA) is 113 Å². The van der Waals surface area contributed by atoms with Crippen molar-refractivity contribution >= 4 is 17.5 Å². The van der Waals surface area contributed by atoms with Crippen LogP contribution in [0.3, 0.4) is 0 Å². The summed E-state index contributed by atoms with van der Waals surface area (Å²) in [5.41, 5.74) is 0.637. The number of carbonyl (C=O) groups is 2. The minimum Gasteiger partial charge on any atom is -0.422 e. The van der Waals surface area contributed by atoms with Crippen molar-refractivity contribution in [2.24, 2.45) is 5.92 Å². The maximum atomic E-state index is 12.2. The molecule has 0 bridgehead atoms. The van der Waals surface area contributed by atoms with Crippen molar-refractivity contribution in [1.29, 1.82) is 0 Å². The van der Waals surface area contributed by atoms with Crippen LogP contribution in [0.4, 0.5) is 5.69 Å². The molecule has 3 rings (SSSR count). The Morgan fingerprint density at radius 1 is 1.43 bits per heavy atom. The lowest BCUT2D eigenvalue weighted by molar-refractivity contribution is -0.128. The van der Waals surface area contributed by atoms with E-state index in [1.807, 2.05) is 6.92 Å². The quantitative estimate of drug-likeness (QED) is 0.843. The molecule has 1 saturated heterocycles. The molecule has 2 N–H and O–H groups in total. The number of aromatic nitrogens is 4. The molecule has 0 aliphatic carbocycles. The van der Waals surface area contributed by atoms with Crippen molar-refractivity contribution in [2.75, 3.05) is 18.4 Å². The fourth-order valence-electron chi connectivity index (χ4n) is 2.41. The number of nitrogens with zero attached hydrogens (tertiary/aromatic N) is 4. The molecule has 1 fully saturated rings. The molecule has 23 heavy (non-hydrogen) atoms. The first kappa shape index (κ1) is 14.9. The van der Waals surface area contributed by atoms with Gasteiger partial charge >= 0.3 is 6.01 Å². The van der Waals surface area contributed by atoms with Crippen LogP contribution in [0.5, 0.6) is 11.8 Å². The van der Waals surface area contributed by atoms with Gasteiger partial charge in [-0.05, 0) is 36.4 Å². The highest BCUT2D eigenvalue weighted by molar-refractivity contribution is 5.97. The van der Waals surface area contributed by atoms with Crippen LogP contribution in [0.2, 0.25) is 0 Å². The Balaban J connectivity index is 1.58. The van der Waals surface area contributed by atoms with Crippen LogP contribution < -0.4 is 10.1 Å². The lowest BCUT2D eigenvalue weighted by atomic mass is 10.1. The number of anilines is 1. The molecule has 1 aromatic carbocycles. The Morgan fingerprint density at radius 3 is 2.83 bits per heavy atom. The zero-order chi connectivity index (χ0) is 16.2. The summed E-state index contributed by atoms with van der Waals surface area (Å²) in [5.74, 6) is 0.0907. The number of rotatable bonds is 5. The van der Waals surface area contributed by atoms with E-state index >= 15 is 0 Å². The smallest absolute Gasteiger partial charge is 0.361 e. The Kier molecular flexibility index (Phi) is 4.18. The van der Waals surface area contributed by atoms with Crippen LogP contribution in [-0.4, -0.2) is 50.4 Å². The van der Waals surface area contributed by atoms with E-state index in [2.05, 4.69) is 25.9 Å². The van der Waals surface area contributed by atoms with Gasteiger partial charge in [0.1, 0.15) is 5.75 Å². The van der Waals surface area contributed by atoms with E-state index in [1.54, 1.807) is 29.2 Å². The molecule has 2 aromatic rings. The lowest BCUT2D eigenvalue weighted by Gasteiger charge is -2.13. The van der Waals surface area contributed by atoms with Gasteiger partial charge < -0.3 is 15.0 Å². The number of ether oxygens (including phenoxy) is 1. The highest BCUT2D eigenvalue weighted by Crippen LogP contribution is 2.22. The van der Waals surface area contributed by atoms with Gasteiger partial charge in [-0.25, -0.2) is 0 Å². The van der Waals surface area contributed by atoms with Crippen LogP contribution in [0.25, 0.3) is 0 Å². The minimum absolute atomic E-state index is 0.0245. The number of aromatic amines is 1. The second-order valence-corrected chi connectivity index (χ2v) is 5.14. The maximum Gasteiger partial charge on any atom is 0.361 e. The number of amides is 2. The number of benzene rings is 1. The zero-order valence-electron chi connectivity index (χ0n) is 12.5. The number of likely N-dealkylation sites (tertiary alicyclic amines) is 1. The van der Waals surface area contributed by atoms with Gasteiger partial charge in [-0.1, -0.05) is 10.2 Å². The molecule has 0 saturated carbocycles. The summed E-state index contributed by atoms with van der Waals surface area (Å²) in [6, 6.07) is 6.91. The first-order chi connectivity index (χ1) is 11.2. The molecule has 2 heterocycles. The molecule has 9 heteroatoms. The molecule has 120 valence electrons. The van der Waals surface area contributed by atoms with E-state index in [4.69, 9.17) is 4.74 Å². The van der Waals surface area contributed by atoms with E-state index in [9.17, 15) is 9.59 Å². The van der Waals surface area contributed by atoms with Crippen LogP contribution in [0.1, 0.15) is 13.3 Å². The van der Waals surface area contributed by atoms with Crippen LogP contribution in [-0.2, 0) is 9.59 Å². The highest BCUT2D eigenvalue weighted by Gasteiger charge is 2.33. The van der Waals surface area contributed by atoms with Gasteiger partial charge in [-0.3, -0.25) is 9.59 Å². The van der Waals surface area contributed by atoms with E-state index in [0.717, 1.165) is 0 Å². The van der Waals surface area contributed by atoms with Gasteiger partial charge in [-0.2, -0.15) is 5.21 Å². The summed E-state index contributed by atoms with van der Waals surface area (Å²) in [5, 5.41) is 15.8. The van der Waals surface area contributed by atoms with Crippen molar-refractivity contribution in [3.8, 4) is 11.8 Å². The van der Waals surface area contributed by atoms with E-state index < -0.39 is 0 Å². The molecule has 1 aliphatic heterocycles. The summed E-state index contributed by atoms with van der Waals surface area (Å²) in [6.45, 7) is 3.01. The third kappa shape index (κ3) is 3.44. The van der Waals surface area contributed by atoms with Crippen molar-refractivity contribution in [3.05, 3.63) is 24.3 Å². The molecule has 1 aromatic heterocycles. The molecule has 1 unspecified atom stereocenters. The number of nitrogens with one attached hydrogen (secondary N) is 2. The Hall–Kier alpha value is -2.97. The monoisotopic (exact) mass is 316 g/mol. The highest BCUT2D eigenvalue weighted by atomic mass is 16.5. The molecular formula is C14H16N6O3. The molecule has 0 spiro atoms. The number of hydrogen-bond acceptors (Lipinski definition) is 6. The van der Waals surface area contributed by atoms with Crippen molar-refractivity contribution in [3.63, 3.8) is 0 Å². The average molecular weight is 316 g/mol. The number of tetrazole rings is 1. The predicted octanol–water partition coefficient (Wildman–Crippen LogP) is 0.799. The summed E-state index contributed by atoms with van der Waals surface area (Å²) >= 11 is 0. The normalized spacial score (nSPS) is 17.3. The summed E-state index contributed by atoms with van der Waals surface area (Å²) in [4.78, 5) is 25.6. The second-order valence-electron chi connectivity index (χ2n) is 5.14. The maximum absolute atomic E-state index is 12.2. The van der Waals surface area contributed by atoms with Gasteiger partial charge in [0.15, 0.2) is 0 Å². The number of carbonyl (C=O) groups excluding carboxylic acids is 2. The largest absolute Gasteiger partial charge is 0.422 e. The summed E-state index contributed by atoms with van der Waals surface area (Å²) < 4.78 is 5.34. The van der Waals surface area contributed by atoms with E-state index in [0.29, 0.717) is 24.5 Å². The van der Waals surface area contributed by atoms with E-state index in [1.165, 1.54) is 0 Å². The van der Waals surface area contributed by atoms with Crippen molar-refractivity contribution in [1.82, 2.24) is 25.5 Å². The van der Waals surface area contributed by atoms with Gasteiger partial charge in [0, 0.05) is 25.2 Å². The van der Waals surface area contributed by atoms with Gasteiger partial charge in [0.25, 0.3) is 0 Å². The zero-order valence-corrected chi connectivity index (χ0v) is 12.5. The third-order valence-electron chi connectivity index (χ3n) is 3.62. The molecule has 1 aliphatic rings. The van der Waals surface area contributed by atoms with Gasteiger partial charge in [0.2, 0.25) is 11.8 Å². The Bertz CT molecular complexity index is 685. The molecule has 9 nitrogen and oxygen atoms in total. The molecular weight excluding hydrogens is 300 g/mol. The Labute approximate surface area is 132 Å². The van der Waals surface area contributed by atoms with E-state index in [-0.39, 0.29) is 30.2 Å². The third-order valence-corrected chi connectivity index (χ3v) is 3.62. The van der Waals surface area contributed by atoms with Crippen LogP contribution >= 0.6 is 0 Å². The first-order valence-corrected chi connectivity index (χ1v) is 7.25. The molecule has 0 radical (unpaired) electrons. The first-order valence-electron chi connectivity index (χ1n) is 7.25. The summed E-state index contributed by atoms with van der Waals surface area (Å²) in [6.07, 6.45) is 0.263. The van der Waals surface area contributed by atoms with Crippen molar-refractivity contribution in [2.45, 2.75) is 13.3 Å². The standard InChI is InChI=1S/C14H16N6O3/c1-2-20-8-9(7-12(20)21)13(22)15-10-3-5-11(6-4-10)23-14-16-18-19-17-14/h3-6,9H,2,7-8H2,1H3,(H,15,22)(H,16,17,18,19). The molecule has 1 atom stereocenters. The fourth-order valence-corrected chi connectivity index (χ4v) is 2.41. The second kappa shape index (κ2) is 6.42. The van der Waals surface area contributed by atoms with Crippen molar-refractivity contribution < 1.29 is 14.3 Å². The lowest BCUT2D eigenvalue weighted by Crippen LogP contribution is -2.28.